The van der Waals surface area contributed by atoms with E-state index in [9.17, 15) is 8.42 Å². The third-order valence-corrected chi connectivity index (χ3v) is 4.09. The van der Waals surface area contributed by atoms with Gasteiger partial charge in [0.05, 0.1) is 6.61 Å². The van der Waals surface area contributed by atoms with Crippen molar-refractivity contribution in [1.29, 1.82) is 0 Å². The molecule has 0 aliphatic carbocycles. The molecule has 0 radical (unpaired) electrons. The van der Waals surface area contributed by atoms with Crippen molar-refractivity contribution in [2.75, 3.05) is 19.7 Å². The molecule has 0 aromatic carbocycles. The summed E-state index contributed by atoms with van der Waals surface area (Å²) in [7, 11) is -3.66. The van der Waals surface area contributed by atoms with Crippen LogP contribution >= 0.6 is 11.6 Å². The maximum absolute atomic E-state index is 12.1. The van der Waals surface area contributed by atoms with E-state index in [1.54, 1.807) is 0 Å². The molecule has 1 heterocycles. The summed E-state index contributed by atoms with van der Waals surface area (Å²) in [6.45, 7) is 3.37. The molecule has 0 amide bonds. The summed E-state index contributed by atoms with van der Waals surface area (Å²) >= 11 is 5.59. The van der Waals surface area contributed by atoms with Crippen molar-refractivity contribution in [3.05, 3.63) is 36.1 Å². The van der Waals surface area contributed by atoms with Crippen LogP contribution < -0.4 is 0 Å². The SMILES string of the molecule is C=CCN(CCO)S(=O)(=O)c1ccc(Cl)nc1. The minimum absolute atomic E-state index is 0.0109. The highest BCUT2D eigenvalue weighted by molar-refractivity contribution is 7.89. The molecular formula is C10H13ClN2O3S. The van der Waals surface area contributed by atoms with Crippen molar-refractivity contribution in [1.82, 2.24) is 9.29 Å². The number of halogens is 1. The second-order valence-corrected chi connectivity index (χ2v) is 5.52. The molecule has 17 heavy (non-hydrogen) atoms. The maximum Gasteiger partial charge on any atom is 0.244 e. The topological polar surface area (TPSA) is 70.5 Å². The van der Waals surface area contributed by atoms with Crippen LogP contribution in [0.5, 0.6) is 0 Å². The highest BCUT2D eigenvalue weighted by Gasteiger charge is 2.23. The van der Waals surface area contributed by atoms with Crippen LogP contribution in [0.4, 0.5) is 0 Å². The van der Waals surface area contributed by atoms with Crippen LogP contribution in [0.25, 0.3) is 0 Å². The van der Waals surface area contributed by atoms with Crippen molar-refractivity contribution in [3.63, 3.8) is 0 Å². The van der Waals surface area contributed by atoms with Crippen LogP contribution in [0.1, 0.15) is 0 Å². The number of sulfonamides is 1. The molecule has 0 spiro atoms. The van der Waals surface area contributed by atoms with Gasteiger partial charge in [-0.15, -0.1) is 6.58 Å². The van der Waals surface area contributed by atoms with E-state index in [1.165, 1.54) is 24.4 Å². The monoisotopic (exact) mass is 276 g/mol. The average Bonchev–Trinajstić information content (AvgIpc) is 2.29. The summed E-state index contributed by atoms with van der Waals surface area (Å²) in [4.78, 5) is 3.76. The Labute approximate surface area is 105 Å². The van der Waals surface area contributed by atoms with Crippen molar-refractivity contribution in [3.8, 4) is 0 Å². The Kier molecular flexibility index (Phi) is 5.07. The van der Waals surface area contributed by atoms with Crippen LogP contribution in [0, 0.1) is 0 Å². The second-order valence-electron chi connectivity index (χ2n) is 3.19. The lowest BCUT2D eigenvalue weighted by atomic mass is 10.5. The molecule has 1 rings (SSSR count). The predicted molar refractivity (Wildman–Crippen MR) is 65.3 cm³/mol. The van der Waals surface area contributed by atoms with Gasteiger partial charge in [-0.2, -0.15) is 4.31 Å². The zero-order valence-electron chi connectivity index (χ0n) is 9.08. The standard InChI is InChI=1S/C10H13ClN2O3S/c1-2-5-13(6-7-14)17(15,16)9-3-4-10(11)12-8-9/h2-4,8,14H,1,5-7H2. The molecule has 5 nitrogen and oxygen atoms in total. The molecule has 0 unspecified atom stereocenters. The lowest BCUT2D eigenvalue weighted by molar-refractivity contribution is 0.260. The van der Waals surface area contributed by atoms with Crippen LogP contribution in [0.15, 0.2) is 35.9 Å². The summed E-state index contributed by atoms with van der Waals surface area (Å²) in [5.41, 5.74) is 0. The van der Waals surface area contributed by atoms with Gasteiger partial charge in [0.1, 0.15) is 10.0 Å². The first kappa shape index (κ1) is 14.1. The fourth-order valence-corrected chi connectivity index (χ4v) is 2.69. The van der Waals surface area contributed by atoms with E-state index in [4.69, 9.17) is 16.7 Å². The molecule has 0 saturated heterocycles. The van der Waals surface area contributed by atoms with E-state index >= 15 is 0 Å². The van der Waals surface area contributed by atoms with Gasteiger partial charge in [-0.1, -0.05) is 17.7 Å². The third kappa shape index (κ3) is 3.50. The number of rotatable bonds is 6. The average molecular weight is 277 g/mol. The van der Waals surface area contributed by atoms with Gasteiger partial charge in [0, 0.05) is 19.3 Å². The minimum atomic E-state index is -3.66. The fourth-order valence-electron chi connectivity index (χ4n) is 1.23. The summed E-state index contributed by atoms with van der Waals surface area (Å²) in [5.74, 6) is 0. The van der Waals surface area contributed by atoms with Crippen LogP contribution in [0.2, 0.25) is 5.15 Å². The zero-order chi connectivity index (χ0) is 12.9. The molecule has 0 bridgehead atoms. The van der Waals surface area contributed by atoms with Crippen molar-refractivity contribution in [2.24, 2.45) is 0 Å². The molecule has 1 N–H and O–H groups in total. The van der Waals surface area contributed by atoms with E-state index in [-0.39, 0.29) is 29.7 Å². The van der Waals surface area contributed by atoms with E-state index in [1.807, 2.05) is 0 Å². The highest BCUT2D eigenvalue weighted by atomic mass is 35.5. The zero-order valence-corrected chi connectivity index (χ0v) is 10.7. The van der Waals surface area contributed by atoms with E-state index in [0.29, 0.717) is 0 Å². The molecule has 0 aliphatic rings. The number of aromatic nitrogens is 1. The van der Waals surface area contributed by atoms with Gasteiger partial charge in [0.2, 0.25) is 10.0 Å². The summed E-state index contributed by atoms with van der Waals surface area (Å²) in [5, 5.41) is 9.06. The Morgan fingerprint density at radius 3 is 2.71 bits per heavy atom. The molecule has 0 atom stereocenters. The van der Waals surface area contributed by atoms with Crippen LogP contribution in [-0.2, 0) is 10.0 Å². The second kappa shape index (κ2) is 6.11. The van der Waals surface area contributed by atoms with Crippen LogP contribution in [0.3, 0.4) is 0 Å². The van der Waals surface area contributed by atoms with Gasteiger partial charge in [0.25, 0.3) is 0 Å². The Hall–Kier alpha value is -0.950. The molecule has 0 saturated carbocycles. The first-order chi connectivity index (χ1) is 8.02. The van der Waals surface area contributed by atoms with E-state index in [2.05, 4.69) is 11.6 Å². The first-order valence-electron chi connectivity index (χ1n) is 4.86. The van der Waals surface area contributed by atoms with Gasteiger partial charge >= 0.3 is 0 Å². The van der Waals surface area contributed by atoms with Gasteiger partial charge < -0.3 is 5.11 Å². The smallest absolute Gasteiger partial charge is 0.244 e. The normalized spacial score (nSPS) is 11.7. The molecule has 7 heteroatoms. The predicted octanol–water partition coefficient (Wildman–Crippen LogP) is 0.904. The molecule has 94 valence electrons. The van der Waals surface area contributed by atoms with Gasteiger partial charge in [-0.3, -0.25) is 0 Å². The largest absolute Gasteiger partial charge is 0.395 e. The summed E-state index contributed by atoms with van der Waals surface area (Å²) < 4.78 is 25.3. The Bertz CT molecular complexity index is 473. The van der Waals surface area contributed by atoms with Crippen molar-refractivity contribution < 1.29 is 13.5 Å². The Morgan fingerprint density at radius 1 is 1.53 bits per heavy atom. The number of pyridine rings is 1. The minimum Gasteiger partial charge on any atom is -0.395 e. The Morgan fingerprint density at radius 2 is 2.24 bits per heavy atom. The lowest BCUT2D eigenvalue weighted by Crippen LogP contribution is -2.33. The van der Waals surface area contributed by atoms with Gasteiger partial charge in [-0.25, -0.2) is 13.4 Å². The summed E-state index contributed by atoms with van der Waals surface area (Å²) in [6, 6.07) is 2.78. The molecule has 1 aromatic rings. The summed E-state index contributed by atoms with van der Waals surface area (Å²) in [6.07, 6.45) is 2.64. The number of aliphatic hydroxyl groups is 1. The number of hydrogen-bond acceptors (Lipinski definition) is 4. The highest BCUT2D eigenvalue weighted by Crippen LogP contribution is 2.16. The Balaban J connectivity index is 3.06. The quantitative estimate of drug-likeness (QED) is 0.619. The molecule has 0 fully saturated rings. The van der Waals surface area contributed by atoms with Gasteiger partial charge in [0.15, 0.2) is 0 Å². The van der Waals surface area contributed by atoms with Crippen molar-refractivity contribution >= 4 is 21.6 Å². The third-order valence-electron chi connectivity index (χ3n) is 2.02. The molecule has 0 aliphatic heterocycles. The van der Waals surface area contributed by atoms with Crippen molar-refractivity contribution in [2.45, 2.75) is 4.90 Å². The molecule has 1 aromatic heterocycles. The fraction of sp³-hybridized carbons (Fsp3) is 0.300. The number of nitrogens with zero attached hydrogens (tertiary/aromatic N) is 2. The van der Waals surface area contributed by atoms with Crippen LogP contribution in [-0.4, -0.2) is 42.5 Å². The van der Waals surface area contributed by atoms with E-state index in [0.717, 1.165) is 4.31 Å². The lowest BCUT2D eigenvalue weighted by Gasteiger charge is -2.19. The maximum atomic E-state index is 12.1. The number of hydrogen-bond donors (Lipinski definition) is 1. The number of aliphatic hydroxyl groups excluding tert-OH is 1. The van der Waals surface area contributed by atoms with Gasteiger partial charge in [-0.05, 0) is 12.1 Å². The van der Waals surface area contributed by atoms with E-state index < -0.39 is 10.0 Å². The first-order valence-corrected chi connectivity index (χ1v) is 6.67. The molecular weight excluding hydrogens is 264 g/mol.